The Bertz CT molecular complexity index is 1160. The van der Waals surface area contributed by atoms with Crippen molar-refractivity contribution in [2.45, 2.75) is 309 Å². The summed E-state index contributed by atoms with van der Waals surface area (Å²) >= 11 is 0. The van der Waals surface area contributed by atoms with E-state index in [-0.39, 0.29) is 19.1 Å². The second-order valence-electron chi connectivity index (χ2n) is 21.7. The standard InChI is InChI=1S/C59H117N2O6P/c1-6-8-10-12-14-16-18-20-22-23-24-25-26-27-28-29-30-31-32-33-34-35-36-37-39-41-43-45-47-49-51-53-59(63)60-57(56-67-68(64,65)66-55-54-61(3,4)5)58(62)52-50-48-46-44-42-40-38-21-19-17-15-13-11-9-7-2/h27-28,50,52,57-58,62H,6-26,29-49,51,53-56H2,1-5H3,(H-,60,63,64,65)/b28-27-,52-50+. The van der Waals surface area contributed by atoms with Gasteiger partial charge in [-0.1, -0.05) is 269 Å². The highest BCUT2D eigenvalue weighted by Gasteiger charge is 2.23. The Morgan fingerprint density at radius 2 is 0.809 bits per heavy atom. The molecule has 0 saturated carbocycles. The van der Waals surface area contributed by atoms with Crippen LogP contribution in [0, 0.1) is 0 Å². The SMILES string of the molecule is CCCCCCCCCCCCCC/C=C\CCCCCCCCCCCCCCCCCC(=O)NC(COP(=O)([O-])OCC[N+](C)(C)C)C(O)/C=C/CCCCCCCCCCCCCCC. The summed E-state index contributed by atoms with van der Waals surface area (Å²) in [5.74, 6) is -0.193. The molecule has 1 amide bonds. The van der Waals surface area contributed by atoms with Gasteiger partial charge in [-0.15, -0.1) is 0 Å². The molecule has 0 spiro atoms. The molecular formula is C59H117N2O6P. The lowest BCUT2D eigenvalue weighted by molar-refractivity contribution is -0.870. The number of rotatable bonds is 55. The molecular weight excluding hydrogens is 864 g/mol. The summed E-state index contributed by atoms with van der Waals surface area (Å²) in [4.78, 5) is 25.5. The van der Waals surface area contributed by atoms with Crippen LogP contribution >= 0.6 is 7.82 Å². The highest BCUT2D eigenvalue weighted by Crippen LogP contribution is 2.38. The molecule has 0 aliphatic rings. The summed E-state index contributed by atoms with van der Waals surface area (Å²) in [5, 5.41) is 13.9. The summed E-state index contributed by atoms with van der Waals surface area (Å²) < 4.78 is 23.3. The van der Waals surface area contributed by atoms with Crippen molar-refractivity contribution in [1.82, 2.24) is 5.32 Å². The molecule has 0 fully saturated rings. The molecule has 0 rings (SSSR count). The van der Waals surface area contributed by atoms with Gasteiger partial charge < -0.3 is 28.8 Å². The van der Waals surface area contributed by atoms with Gasteiger partial charge in [-0.2, -0.15) is 0 Å². The van der Waals surface area contributed by atoms with Gasteiger partial charge in [0, 0.05) is 6.42 Å². The van der Waals surface area contributed by atoms with Gasteiger partial charge in [-0.25, -0.2) is 0 Å². The van der Waals surface area contributed by atoms with E-state index in [1.807, 2.05) is 27.2 Å². The predicted octanol–water partition coefficient (Wildman–Crippen LogP) is 17.4. The number of aliphatic hydroxyl groups excluding tert-OH is 1. The third-order valence-electron chi connectivity index (χ3n) is 13.7. The first-order valence-corrected chi connectivity index (χ1v) is 31.2. The molecule has 0 heterocycles. The van der Waals surface area contributed by atoms with E-state index in [1.54, 1.807) is 6.08 Å². The number of amides is 1. The van der Waals surface area contributed by atoms with E-state index in [4.69, 9.17) is 9.05 Å². The fourth-order valence-electron chi connectivity index (χ4n) is 8.97. The van der Waals surface area contributed by atoms with Crippen molar-refractivity contribution < 1.29 is 32.9 Å². The van der Waals surface area contributed by atoms with E-state index in [2.05, 4.69) is 31.3 Å². The number of phosphoric acid groups is 1. The van der Waals surface area contributed by atoms with Crippen molar-refractivity contribution in [2.75, 3.05) is 40.9 Å². The Hall–Kier alpha value is -1.02. The molecule has 8 nitrogen and oxygen atoms in total. The van der Waals surface area contributed by atoms with Gasteiger partial charge in [-0.3, -0.25) is 9.36 Å². The van der Waals surface area contributed by atoms with Crippen molar-refractivity contribution in [2.24, 2.45) is 0 Å². The smallest absolute Gasteiger partial charge is 0.268 e. The van der Waals surface area contributed by atoms with Gasteiger partial charge >= 0.3 is 0 Å². The van der Waals surface area contributed by atoms with Crippen LogP contribution in [-0.4, -0.2) is 68.5 Å². The fourth-order valence-corrected chi connectivity index (χ4v) is 9.70. The van der Waals surface area contributed by atoms with Crippen LogP contribution in [0.1, 0.15) is 296 Å². The molecule has 0 aromatic heterocycles. The number of quaternary nitrogens is 1. The van der Waals surface area contributed by atoms with Crippen molar-refractivity contribution in [3.8, 4) is 0 Å². The number of hydrogen-bond donors (Lipinski definition) is 2. The van der Waals surface area contributed by atoms with E-state index in [0.29, 0.717) is 17.4 Å². The quantitative estimate of drug-likeness (QED) is 0.0272. The maximum absolute atomic E-state index is 13.0. The lowest BCUT2D eigenvalue weighted by Gasteiger charge is -2.29. The first-order chi connectivity index (χ1) is 33.0. The molecule has 68 heavy (non-hydrogen) atoms. The molecule has 0 bridgehead atoms. The molecule has 0 aromatic carbocycles. The molecule has 0 saturated heterocycles. The fraction of sp³-hybridized carbons (Fsp3) is 0.915. The van der Waals surface area contributed by atoms with Gasteiger partial charge in [0.1, 0.15) is 13.2 Å². The van der Waals surface area contributed by atoms with Crippen molar-refractivity contribution in [3.63, 3.8) is 0 Å². The zero-order valence-electron chi connectivity index (χ0n) is 46.1. The van der Waals surface area contributed by atoms with Crippen LogP contribution in [0.25, 0.3) is 0 Å². The summed E-state index contributed by atoms with van der Waals surface area (Å²) in [6.07, 6.45) is 64.1. The number of phosphoric ester groups is 1. The second-order valence-corrected chi connectivity index (χ2v) is 23.1. The lowest BCUT2D eigenvalue weighted by atomic mass is 10.0. The zero-order chi connectivity index (χ0) is 49.9. The number of hydrogen-bond acceptors (Lipinski definition) is 6. The summed E-state index contributed by atoms with van der Waals surface area (Å²) in [6, 6.07) is -0.884. The Labute approximate surface area is 424 Å². The van der Waals surface area contributed by atoms with Gasteiger partial charge in [0.25, 0.3) is 7.82 Å². The molecule has 0 radical (unpaired) electrons. The van der Waals surface area contributed by atoms with Crippen LogP contribution in [0.3, 0.4) is 0 Å². The van der Waals surface area contributed by atoms with E-state index in [0.717, 1.165) is 38.5 Å². The lowest BCUT2D eigenvalue weighted by Crippen LogP contribution is -2.45. The van der Waals surface area contributed by atoms with Gasteiger partial charge in [0.05, 0.1) is 39.9 Å². The van der Waals surface area contributed by atoms with E-state index >= 15 is 0 Å². The minimum Gasteiger partial charge on any atom is -0.756 e. The molecule has 0 aliphatic carbocycles. The molecule has 3 atom stereocenters. The van der Waals surface area contributed by atoms with E-state index in [9.17, 15) is 19.4 Å². The molecule has 9 heteroatoms. The number of likely N-dealkylation sites (N-methyl/N-ethyl adjacent to an activating group) is 1. The molecule has 3 unspecified atom stereocenters. The molecule has 0 aliphatic heterocycles. The van der Waals surface area contributed by atoms with Gasteiger partial charge in [-0.05, 0) is 44.9 Å². The number of nitrogens with one attached hydrogen (secondary N) is 1. The average molecular weight is 982 g/mol. The van der Waals surface area contributed by atoms with Crippen LogP contribution in [-0.2, 0) is 18.4 Å². The molecule has 0 aromatic rings. The van der Waals surface area contributed by atoms with Crippen molar-refractivity contribution in [1.29, 1.82) is 0 Å². The Kier molecular flexibility index (Phi) is 50.1. The highest BCUT2D eigenvalue weighted by atomic mass is 31.2. The monoisotopic (exact) mass is 981 g/mol. The van der Waals surface area contributed by atoms with Gasteiger partial charge in [0.2, 0.25) is 5.91 Å². The number of carbonyl (C=O) groups is 1. The maximum Gasteiger partial charge on any atom is 0.268 e. The first-order valence-electron chi connectivity index (χ1n) is 29.7. The van der Waals surface area contributed by atoms with Crippen LogP contribution in [0.15, 0.2) is 24.3 Å². The minimum absolute atomic E-state index is 0.00114. The second kappa shape index (κ2) is 50.9. The summed E-state index contributed by atoms with van der Waals surface area (Å²) in [5.41, 5.74) is 0. The van der Waals surface area contributed by atoms with Gasteiger partial charge in [0.15, 0.2) is 0 Å². The van der Waals surface area contributed by atoms with Crippen molar-refractivity contribution in [3.05, 3.63) is 24.3 Å². The Morgan fingerprint density at radius 3 is 1.15 bits per heavy atom. The third-order valence-corrected chi connectivity index (χ3v) is 14.6. The summed E-state index contributed by atoms with van der Waals surface area (Å²) in [7, 11) is 1.27. The minimum atomic E-state index is -4.59. The number of carbonyl (C=O) groups excluding carboxylic acids is 1. The summed E-state index contributed by atoms with van der Waals surface area (Å²) in [6.45, 7) is 4.68. The van der Waals surface area contributed by atoms with Crippen molar-refractivity contribution >= 4 is 13.7 Å². The van der Waals surface area contributed by atoms with E-state index < -0.39 is 20.0 Å². The predicted molar refractivity (Wildman–Crippen MR) is 293 cm³/mol. The molecule has 2 N–H and O–H groups in total. The number of aliphatic hydroxyl groups is 1. The number of allylic oxidation sites excluding steroid dienone is 3. The first kappa shape index (κ1) is 67.0. The Morgan fingerprint density at radius 1 is 0.500 bits per heavy atom. The highest BCUT2D eigenvalue weighted by molar-refractivity contribution is 7.45. The normalized spacial score (nSPS) is 14.0. The zero-order valence-corrected chi connectivity index (χ0v) is 47.0. The number of unbranched alkanes of at least 4 members (excludes halogenated alkanes) is 40. The van der Waals surface area contributed by atoms with E-state index in [1.165, 1.54) is 238 Å². The third kappa shape index (κ3) is 52.8. The average Bonchev–Trinajstić information content (AvgIpc) is 3.30. The largest absolute Gasteiger partial charge is 0.756 e. The maximum atomic E-state index is 13.0. The van der Waals surface area contributed by atoms with Crippen LogP contribution in [0.5, 0.6) is 0 Å². The van der Waals surface area contributed by atoms with Crippen LogP contribution in [0.2, 0.25) is 0 Å². The van der Waals surface area contributed by atoms with Crippen LogP contribution in [0.4, 0.5) is 0 Å². The number of nitrogens with zero attached hydrogens (tertiary/aromatic N) is 1. The topological polar surface area (TPSA) is 108 Å². The molecule has 404 valence electrons. The van der Waals surface area contributed by atoms with Crippen LogP contribution < -0.4 is 10.2 Å². The Balaban J connectivity index is 4.04.